The van der Waals surface area contributed by atoms with Crippen molar-refractivity contribution >= 4 is 46.9 Å². The van der Waals surface area contributed by atoms with Crippen LogP contribution in [-0.4, -0.2) is 74.7 Å². The number of urea groups is 4. The number of unbranched alkanes of at least 4 members (excludes halogenated alkanes) is 8. The number of anilines is 4. The van der Waals surface area contributed by atoms with Gasteiger partial charge < -0.3 is 61.5 Å². The van der Waals surface area contributed by atoms with Crippen LogP contribution in [0.4, 0.5) is 41.9 Å². The summed E-state index contributed by atoms with van der Waals surface area (Å²) in [4.78, 5) is 55.7. The highest BCUT2D eigenvalue weighted by molar-refractivity contribution is 5.94. The van der Waals surface area contributed by atoms with Gasteiger partial charge in [-0.15, -0.1) is 26.3 Å². The molecule has 0 aliphatic heterocycles. The number of rotatable bonds is 32. The summed E-state index contributed by atoms with van der Waals surface area (Å²) in [7, 11) is 0. The summed E-state index contributed by atoms with van der Waals surface area (Å²) in [5.74, 6) is 2.29. The molecular weight excluding hydrogens is 913 g/mol. The lowest BCUT2D eigenvalue weighted by atomic mass is 9.75. The molecule has 0 aromatic heterocycles. The Hall–Kier alpha value is -7.88. The van der Waals surface area contributed by atoms with Crippen LogP contribution in [0.2, 0.25) is 0 Å². The predicted octanol–water partition coefficient (Wildman–Crippen LogP) is 11.7. The van der Waals surface area contributed by atoms with Crippen LogP contribution in [0.5, 0.6) is 23.0 Å². The minimum Gasteiger partial charge on any atom is -0.494 e. The van der Waals surface area contributed by atoms with Gasteiger partial charge in [-0.25, -0.2) is 19.2 Å². The molecule has 72 heavy (non-hydrogen) atoms. The van der Waals surface area contributed by atoms with Crippen LogP contribution in [0.15, 0.2) is 148 Å². The fourth-order valence-electron chi connectivity index (χ4n) is 7.72. The largest absolute Gasteiger partial charge is 0.494 e. The molecule has 0 heterocycles. The number of carbonyl (C=O) groups is 4. The monoisotopic (exact) mass is 985 g/mol. The van der Waals surface area contributed by atoms with Crippen LogP contribution in [-0.2, 0) is 0 Å². The Balaban J connectivity index is 1.37. The molecule has 8 N–H and O–H groups in total. The Labute approximate surface area is 424 Å². The standard InChI is InChI=1S/C56H72N8O8/c1-5-9-13-17-33-69-45-29-21-25-41(37-45)57-53(65)61-49-50(62-54(66)58-42-26-22-30-46(38-42)70-34-18-14-10-6-2)52(64-56(68)60-44-28-24-32-48(40-44)72-36-20-16-12-8-4)51(49)63-55(67)59-43-27-23-31-47(39-43)71-35-19-15-11-7-3/h5-8,21-32,37-40,49-52H,1-4,9-20,33-36H2,(H2,57,61,65)(H2,58,62,66)(H2,59,63,67)(H2,60,64,68). The number of allylic oxidation sites excluding steroid dienone is 4. The fraction of sp³-hybridized carbons (Fsp3) is 0.357. The SMILES string of the molecule is C=CCCCCOc1cccc(NC(=O)NC2C(NC(=O)Nc3cccc(OCCCCC=C)c3)C(NC(=O)Nc3cccc(OCCCCC=C)c3)C2NC(=O)Nc2cccc(OCCCCC=C)c2)c1. The topological polar surface area (TPSA) is 201 Å². The third kappa shape index (κ3) is 19.9. The minimum atomic E-state index is -0.968. The highest BCUT2D eigenvalue weighted by Crippen LogP contribution is 2.27. The van der Waals surface area contributed by atoms with Gasteiger partial charge in [0.15, 0.2) is 0 Å². The molecule has 0 atom stereocenters. The average Bonchev–Trinajstić information content (AvgIpc) is 3.36. The van der Waals surface area contributed by atoms with Crippen molar-refractivity contribution in [3.8, 4) is 23.0 Å². The lowest BCUT2D eigenvalue weighted by molar-refractivity contribution is 0.129. The van der Waals surface area contributed by atoms with Gasteiger partial charge in [0.25, 0.3) is 0 Å². The molecule has 1 fully saturated rings. The van der Waals surface area contributed by atoms with Gasteiger partial charge in [0, 0.05) is 47.0 Å². The van der Waals surface area contributed by atoms with Crippen LogP contribution >= 0.6 is 0 Å². The zero-order chi connectivity index (χ0) is 51.2. The van der Waals surface area contributed by atoms with Crippen molar-refractivity contribution in [2.45, 2.75) is 101 Å². The Morgan fingerprint density at radius 1 is 0.361 bits per heavy atom. The Morgan fingerprint density at radius 3 is 0.792 bits per heavy atom. The van der Waals surface area contributed by atoms with E-state index in [0.717, 1.165) is 77.0 Å². The van der Waals surface area contributed by atoms with E-state index in [9.17, 15) is 19.2 Å². The highest BCUT2D eigenvalue weighted by Gasteiger charge is 2.54. The molecule has 0 unspecified atom stereocenters. The molecule has 1 aliphatic carbocycles. The first-order valence-electron chi connectivity index (χ1n) is 24.8. The van der Waals surface area contributed by atoms with E-state index >= 15 is 0 Å². The summed E-state index contributed by atoms with van der Waals surface area (Å²) < 4.78 is 23.7. The van der Waals surface area contributed by atoms with E-state index in [4.69, 9.17) is 18.9 Å². The number of amides is 8. The number of benzene rings is 4. The molecule has 0 saturated heterocycles. The first-order chi connectivity index (χ1) is 35.2. The summed E-state index contributed by atoms with van der Waals surface area (Å²) in [6.07, 6.45) is 18.2. The van der Waals surface area contributed by atoms with Crippen LogP contribution in [0, 0.1) is 0 Å². The van der Waals surface area contributed by atoms with E-state index < -0.39 is 48.3 Å². The third-order valence-corrected chi connectivity index (χ3v) is 11.4. The van der Waals surface area contributed by atoms with Crippen molar-refractivity contribution < 1.29 is 38.1 Å². The maximum Gasteiger partial charge on any atom is 0.319 e. The van der Waals surface area contributed by atoms with Crippen molar-refractivity contribution in [3.63, 3.8) is 0 Å². The van der Waals surface area contributed by atoms with Crippen molar-refractivity contribution in [2.75, 3.05) is 47.7 Å². The van der Waals surface area contributed by atoms with Crippen LogP contribution in [0.25, 0.3) is 0 Å². The average molecular weight is 985 g/mol. The second kappa shape index (κ2) is 31.4. The number of carbonyl (C=O) groups excluding carboxylic acids is 4. The van der Waals surface area contributed by atoms with Gasteiger partial charge in [-0.05, 0) is 126 Å². The fourth-order valence-corrected chi connectivity index (χ4v) is 7.72. The van der Waals surface area contributed by atoms with Crippen molar-refractivity contribution in [3.05, 3.63) is 148 Å². The summed E-state index contributed by atoms with van der Waals surface area (Å²) in [6.45, 7) is 17.0. The van der Waals surface area contributed by atoms with E-state index in [-0.39, 0.29) is 0 Å². The number of ether oxygens (including phenoxy) is 4. The number of hydrogen-bond donors (Lipinski definition) is 8. The second-order valence-corrected chi connectivity index (χ2v) is 17.1. The van der Waals surface area contributed by atoms with Gasteiger partial charge in [0.1, 0.15) is 23.0 Å². The summed E-state index contributed by atoms with van der Waals surface area (Å²) in [5, 5.41) is 23.2. The first-order valence-corrected chi connectivity index (χ1v) is 24.8. The van der Waals surface area contributed by atoms with Crippen molar-refractivity contribution in [1.29, 1.82) is 0 Å². The van der Waals surface area contributed by atoms with Gasteiger partial charge in [-0.2, -0.15) is 0 Å². The first kappa shape index (κ1) is 55.1. The second-order valence-electron chi connectivity index (χ2n) is 17.1. The maximum atomic E-state index is 13.9. The molecule has 1 saturated carbocycles. The highest BCUT2D eigenvalue weighted by atomic mass is 16.5. The van der Waals surface area contributed by atoms with Crippen molar-refractivity contribution in [2.24, 2.45) is 0 Å². The molecule has 0 bridgehead atoms. The summed E-state index contributed by atoms with van der Waals surface area (Å²) in [5.41, 5.74) is 1.79. The van der Waals surface area contributed by atoms with Crippen molar-refractivity contribution in [1.82, 2.24) is 21.3 Å². The van der Waals surface area contributed by atoms with Gasteiger partial charge in [-0.3, -0.25) is 0 Å². The zero-order valence-electron chi connectivity index (χ0n) is 41.3. The Bertz CT molecular complexity index is 2040. The molecule has 8 amide bonds. The lowest BCUT2D eigenvalue weighted by Gasteiger charge is -2.51. The zero-order valence-corrected chi connectivity index (χ0v) is 41.3. The van der Waals surface area contributed by atoms with E-state index in [1.807, 2.05) is 24.3 Å². The lowest BCUT2D eigenvalue weighted by Crippen LogP contribution is -2.83. The van der Waals surface area contributed by atoms with E-state index in [2.05, 4.69) is 68.9 Å². The Morgan fingerprint density at radius 2 is 0.583 bits per heavy atom. The molecule has 5 rings (SSSR count). The number of nitrogens with one attached hydrogen (secondary N) is 8. The molecule has 4 aromatic carbocycles. The Kier molecular flexibility index (Phi) is 24.0. The van der Waals surface area contributed by atoms with Gasteiger partial charge >= 0.3 is 24.1 Å². The molecule has 0 spiro atoms. The van der Waals surface area contributed by atoms with E-state index in [1.165, 1.54) is 0 Å². The smallest absolute Gasteiger partial charge is 0.319 e. The molecule has 4 aromatic rings. The van der Waals surface area contributed by atoms with Gasteiger partial charge in [-0.1, -0.05) is 48.6 Å². The molecule has 1 aliphatic rings. The van der Waals surface area contributed by atoms with Gasteiger partial charge in [0.2, 0.25) is 0 Å². The van der Waals surface area contributed by atoms with Crippen LogP contribution < -0.4 is 61.5 Å². The maximum absolute atomic E-state index is 13.9. The summed E-state index contributed by atoms with van der Waals surface area (Å²) >= 11 is 0. The van der Waals surface area contributed by atoms with E-state index in [0.29, 0.717) is 72.2 Å². The quantitative estimate of drug-likeness (QED) is 0.0174. The predicted molar refractivity (Wildman–Crippen MR) is 288 cm³/mol. The summed E-state index contributed by atoms with van der Waals surface area (Å²) in [6, 6.07) is 21.5. The van der Waals surface area contributed by atoms with E-state index in [1.54, 1.807) is 97.1 Å². The normalized spacial score (nSPS) is 15.4. The molecule has 16 heteroatoms. The molecule has 384 valence electrons. The van der Waals surface area contributed by atoms with Crippen LogP contribution in [0.3, 0.4) is 0 Å². The van der Waals surface area contributed by atoms with Crippen LogP contribution in [0.1, 0.15) is 77.0 Å². The molecule has 16 nitrogen and oxygen atoms in total. The molecular formula is C56H72N8O8. The minimum absolute atomic E-state index is 0.447. The number of hydrogen-bond acceptors (Lipinski definition) is 8. The molecule has 0 radical (unpaired) electrons. The third-order valence-electron chi connectivity index (χ3n) is 11.4. The van der Waals surface area contributed by atoms with Gasteiger partial charge in [0.05, 0.1) is 50.6 Å².